The third-order valence-electron chi connectivity index (χ3n) is 4.49. The van der Waals surface area contributed by atoms with Crippen molar-refractivity contribution in [2.24, 2.45) is 11.8 Å². The first-order valence-corrected chi connectivity index (χ1v) is 8.61. The molecule has 0 bridgehead atoms. The number of likely N-dealkylation sites (tertiary alicyclic amines) is 1. The second kappa shape index (κ2) is 6.52. The molecular weight excluding hydrogens is 300 g/mol. The monoisotopic (exact) mass is 324 g/mol. The molecule has 3 atom stereocenters. The summed E-state index contributed by atoms with van der Waals surface area (Å²) in [5, 5.41) is 6.24. The van der Waals surface area contributed by atoms with E-state index in [1.54, 1.807) is 30.3 Å². The third kappa shape index (κ3) is 3.42. The van der Waals surface area contributed by atoms with Crippen molar-refractivity contribution in [2.45, 2.75) is 19.6 Å². The second-order valence-electron chi connectivity index (χ2n) is 6.43. The number of carbonyl (C=O) groups excluding carboxylic acids is 1. The molecular formula is C15H24N4O2S. The van der Waals surface area contributed by atoms with E-state index in [9.17, 15) is 4.79 Å². The number of rotatable bonds is 4. The van der Waals surface area contributed by atoms with Gasteiger partial charge in [-0.1, -0.05) is 0 Å². The first-order valence-electron chi connectivity index (χ1n) is 7.73. The SMILES string of the molecule is Cc1nc(CN2C[C@H]3[C@H](CNC(=O)N(C)C)CO[C@H]3C2)cs1. The Bertz CT molecular complexity index is 533. The molecule has 0 aliphatic carbocycles. The van der Waals surface area contributed by atoms with Crippen molar-refractivity contribution in [1.82, 2.24) is 20.1 Å². The standard InChI is InChI=1S/C15H24N4O2S/c1-10-17-12(9-22-10)5-19-6-13-11(8-21-14(13)7-19)4-16-15(20)18(2)3/h9,11,13-14H,4-8H2,1-3H3,(H,16,20)/t11-,13+,14+/m1/s1. The van der Waals surface area contributed by atoms with Gasteiger partial charge in [0.15, 0.2) is 0 Å². The Morgan fingerprint density at radius 3 is 3.05 bits per heavy atom. The Hall–Kier alpha value is -1.18. The van der Waals surface area contributed by atoms with Crippen LogP contribution in [0.2, 0.25) is 0 Å². The molecule has 1 aromatic heterocycles. The van der Waals surface area contributed by atoms with Crippen LogP contribution in [0.3, 0.4) is 0 Å². The minimum absolute atomic E-state index is 0.0312. The van der Waals surface area contributed by atoms with Crippen molar-refractivity contribution in [3.8, 4) is 0 Å². The van der Waals surface area contributed by atoms with Gasteiger partial charge >= 0.3 is 6.03 Å². The van der Waals surface area contributed by atoms with Crippen molar-refractivity contribution in [2.75, 3.05) is 40.3 Å². The van der Waals surface area contributed by atoms with Gasteiger partial charge in [0, 0.05) is 57.5 Å². The number of fused-ring (bicyclic) bond motifs is 1. The lowest BCUT2D eigenvalue weighted by Crippen LogP contribution is -2.39. The number of ether oxygens (including phenoxy) is 1. The summed E-state index contributed by atoms with van der Waals surface area (Å²) in [6, 6.07) is -0.0312. The number of nitrogens with one attached hydrogen (secondary N) is 1. The van der Waals surface area contributed by atoms with Gasteiger partial charge in [0.2, 0.25) is 0 Å². The molecule has 6 nitrogen and oxygen atoms in total. The van der Waals surface area contributed by atoms with Gasteiger partial charge in [-0.2, -0.15) is 0 Å². The highest BCUT2D eigenvalue weighted by Crippen LogP contribution is 2.34. The number of aryl methyl sites for hydroxylation is 1. The Balaban J connectivity index is 1.51. The summed E-state index contributed by atoms with van der Waals surface area (Å²) in [5.74, 6) is 0.929. The second-order valence-corrected chi connectivity index (χ2v) is 7.49. The van der Waals surface area contributed by atoms with Crippen LogP contribution in [0.25, 0.3) is 0 Å². The molecule has 1 aromatic rings. The molecule has 0 unspecified atom stereocenters. The molecule has 0 spiro atoms. The van der Waals surface area contributed by atoms with Crippen molar-refractivity contribution >= 4 is 17.4 Å². The topological polar surface area (TPSA) is 57.7 Å². The Kier molecular flexibility index (Phi) is 4.65. The van der Waals surface area contributed by atoms with E-state index in [0.29, 0.717) is 24.5 Å². The number of thiazole rings is 1. The maximum absolute atomic E-state index is 11.7. The van der Waals surface area contributed by atoms with Crippen LogP contribution in [0.1, 0.15) is 10.7 Å². The minimum Gasteiger partial charge on any atom is -0.376 e. The number of carbonyl (C=O) groups is 1. The molecule has 0 saturated carbocycles. The average molecular weight is 324 g/mol. The van der Waals surface area contributed by atoms with Crippen LogP contribution in [0, 0.1) is 18.8 Å². The summed E-state index contributed by atoms with van der Waals surface area (Å²) in [4.78, 5) is 20.2. The smallest absolute Gasteiger partial charge is 0.316 e. The van der Waals surface area contributed by atoms with E-state index in [-0.39, 0.29) is 6.03 Å². The number of hydrogen-bond acceptors (Lipinski definition) is 5. The van der Waals surface area contributed by atoms with Crippen molar-refractivity contribution in [3.63, 3.8) is 0 Å². The summed E-state index contributed by atoms with van der Waals surface area (Å²) in [5.41, 5.74) is 1.15. The number of urea groups is 1. The molecule has 2 amide bonds. The predicted molar refractivity (Wildman–Crippen MR) is 85.9 cm³/mol. The van der Waals surface area contributed by atoms with E-state index >= 15 is 0 Å². The zero-order valence-corrected chi connectivity index (χ0v) is 14.2. The van der Waals surface area contributed by atoms with Crippen LogP contribution in [0.5, 0.6) is 0 Å². The molecule has 2 aliphatic heterocycles. The zero-order valence-electron chi connectivity index (χ0n) is 13.4. The van der Waals surface area contributed by atoms with Crippen LogP contribution in [-0.2, 0) is 11.3 Å². The van der Waals surface area contributed by atoms with Crippen molar-refractivity contribution < 1.29 is 9.53 Å². The minimum atomic E-state index is -0.0312. The summed E-state index contributed by atoms with van der Waals surface area (Å²) < 4.78 is 5.93. The molecule has 7 heteroatoms. The maximum Gasteiger partial charge on any atom is 0.316 e. The molecule has 122 valence electrons. The summed E-state index contributed by atoms with van der Waals surface area (Å²) in [7, 11) is 3.52. The van der Waals surface area contributed by atoms with Gasteiger partial charge in [-0.3, -0.25) is 4.90 Å². The van der Waals surface area contributed by atoms with E-state index in [2.05, 4.69) is 20.6 Å². The summed E-state index contributed by atoms with van der Waals surface area (Å²) >= 11 is 1.70. The van der Waals surface area contributed by atoms with Crippen LogP contribution >= 0.6 is 11.3 Å². The van der Waals surface area contributed by atoms with Crippen LogP contribution in [-0.4, -0.2) is 67.3 Å². The Labute approximate surface area is 135 Å². The van der Waals surface area contributed by atoms with Gasteiger partial charge < -0.3 is 15.0 Å². The molecule has 2 fully saturated rings. The van der Waals surface area contributed by atoms with Gasteiger partial charge in [-0.25, -0.2) is 9.78 Å². The zero-order chi connectivity index (χ0) is 15.7. The predicted octanol–water partition coefficient (Wildman–Crippen LogP) is 1.17. The number of hydrogen-bond donors (Lipinski definition) is 1. The van der Waals surface area contributed by atoms with Gasteiger partial charge in [0.25, 0.3) is 0 Å². The molecule has 2 aliphatic rings. The maximum atomic E-state index is 11.7. The fraction of sp³-hybridized carbons (Fsp3) is 0.733. The Morgan fingerprint density at radius 1 is 1.55 bits per heavy atom. The summed E-state index contributed by atoms with van der Waals surface area (Å²) in [6.45, 7) is 6.40. The van der Waals surface area contributed by atoms with Gasteiger partial charge in [-0.05, 0) is 6.92 Å². The molecule has 22 heavy (non-hydrogen) atoms. The molecule has 2 saturated heterocycles. The van der Waals surface area contributed by atoms with E-state index in [0.717, 1.165) is 36.9 Å². The first kappa shape index (κ1) is 15.7. The van der Waals surface area contributed by atoms with Crippen LogP contribution < -0.4 is 5.32 Å². The molecule has 1 N–H and O–H groups in total. The van der Waals surface area contributed by atoms with E-state index in [1.165, 1.54) is 0 Å². The third-order valence-corrected chi connectivity index (χ3v) is 5.31. The number of amides is 2. The highest BCUT2D eigenvalue weighted by atomic mass is 32.1. The number of nitrogens with zero attached hydrogens (tertiary/aromatic N) is 3. The molecule has 3 heterocycles. The van der Waals surface area contributed by atoms with Gasteiger partial charge in [-0.15, -0.1) is 11.3 Å². The highest BCUT2D eigenvalue weighted by molar-refractivity contribution is 7.09. The first-order chi connectivity index (χ1) is 10.5. The lowest BCUT2D eigenvalue weighted by atomic mass is 9.93. The molecule has 3 rings (SSSR count). The fourth-order valence-electron chi connectivity index (χ4n) is 3.31. The Morgan fingerprint density at radius 2 is 2.36 bits per heavy atom. The van der Waals surface area contributed by atoms with Gasteiger partial charge in [0.05, 0.1) is 23.4 Å². The lowest BCUT2D eigenvalue weighted by Gasteiger charge is -2.20. The largest absolute Gasteiger partial charge is 0.376 e. The van der Waals surface area contributed by atoms with Crippen LogP contribution in [0.15, 0.2) is 5.38 Å². The van der Waals surface area contributed by atoms with Crippen molar-refractivity contribution in [1.29, 1.82) is 0 Å². The normalized spacial score (nSPS) is 27.9. The average Bonchev–Trinajstić information content (AvgIpc) is 3.13. The van der Waals surface area contributed by atoms with E-state index in [4.69, 9.17) is 4.74 Å². The molecule has 0 radical (unpaired) electrons. The lowest BCUT2D eigenvalue weighted by molar-refractivity contribution is 0.0938. The summed E-state index contributed by atoms with van der Waals surface area (Å²) in [6.07, 6.45) is 0.306. The van der Waals surface area contributed by atoms with E-state index < -0.39 is 0 Å². The highest BCUT2D eigenvalue weighted by Gasteiger charge is 2.43. The fourth-order valence-corrected chi connectivity index (χ4v) is 3.91. The molecule has 0 aromatic carbocycles. The quantitative estimate of drug-likeness (QED) is 0.903. The van der Waals surface area contributed by atoms with Crippen molar-refractivity contribution in [3.05, 3.63) is 16.1 Å². The number of aromatic nitrogens is 1. The van der Waals surface area contributed by atoms with Crippen LogP contribution in [0.4, 0.5) is 4.79 Å². The van der Waals surface area contributed by atoms with Gasteiger partial charge in [0.1, 0.15) is 0 Å². The van der Waals surface area contributed by atoms with E-state index in [1.807, 2.05) is 6.92 Å².